The molecule has 1 aliphatic carbocycles. The first kappa shape index (κ1) is 17.9. The molecular formula is C16H31NO4Si. The van der Waals surface area contributed by atoms with Gasteiger partial charge in [0.05, 0.1) is 6.21 Å². The minimum absolute atomic E-state index is 0.302. The van der Waals surface area contributed by atoms with Gasteiger partial charge in [-0.05, 0) is 52.4 Å². The SMILES string of the molecule is CCO[Si](CCCC1CCCC2C=NOC21)(OCC)OCC. The number of hydrogen-bond acceptors (Lipinski definition) is 5. The Balaban J connectivity index is 1.83. The molecule has 2 rings (SSSR count). The average molecular weight is 330 g/mol. The van der Waals surface area contributed by atoms with Crippen LogP contribution in [-0.4, -0.2) is 40.9 Å². The average Bonchev–Trinajstić information content (AvgIpc) is 2.97. The number of oxime groups is 1. The van der Waals surface area contributed by atoms with Crippen molar-refractivity contribution >= 4 is 15.0 Å². The predicted octanol–water partition coefficient (Wildman–Crippen LogP) is 3.62. The summed E-state index contributed by atoms with van der Waals surface area (Å²) in [5.74, 6) is 1.14. The maximum Gasteiger partial charge on any atom is 0.500 e. The maximum absolute atomic E-state index is 5.92. The van der Waals surface area contributed by atoms with Crippen LogP contribution in [0.15, 0.2) is 5.16 Å². The zero-order valence-electron chi connectivity index (χ0n) is 14.3. The van der Waals surface area contributed by atoms with Crippen LogP contribution in [0.1, 0.15) is 52.9 Å². The molecule has 0 aromatic heterocycles. The van der Waals surface area contributed by atoms with Crippen molar-refractivity contribution < 1.29 is 18.1 Å². The van der Waals surface area contributed by atoms with Crippen LogP contribution >= 0.6 is 0 Å². The van der Waals surface area contributed by atoms with Crippen molar-refractivity contribution in [3.05, 3.63) is 0 Å². The number of fused-ring (bicyclic) bond motifs is 1. The zero-order chi connectivity index (χ0) is 15.8. The topological polar surface area (TPSA) is 49.3 Å². The fraction of sp³-hybridized carbons (Fsp3) is 0.938. The Morgan fingerprint density at radius 2 is 1.77 bits per heavy atom. The molecular weight excluding hydrogens is 298 g/mol. The summed E-state index contributed by atoms with van der Waals surface area (Å²) in [7, 11) is -2.49. The van der Waals surface area contributed by atoms with Gasteiger partial charge in [-0.1, -0.05) is 11.6 Å². The van der Waals surface area contributed by atoms with Crippen LogP contribution in [0.2, 0.25) is 6.04 Å². The van der Waals surface area contributed by atoms with Crippen molar-refractivity contribution in [3.8, 4) is 0 Å². The molecule has 0 radical (unpaired) electrons. The molecule has 1 aliphatic heterocycles. The second-order valence-electron chi connectivity index (χ2n) is 6.05. The first-order chi connectivity index (χ1) is 10.7. The summed E-state index contributed by atoms with van der Waals surface area (Å²) >= 11 is 0. The summed E-state index contributed by atoms with van der Waals surface area (Å²) in [4.78, 5) is 5.58. The van der Waals surface area contributed by atoms with Gasteiger partial charge in [0.15, 0.2) is 0 Å². The van der Waals surface area contributed by atoms with Crippen LogP contribution in [0.5, 0.6) is 0 Å². The minimum atomic E-state index is -2.49. The molecule has 1 saturated carbocycles. The highest BCUT2D eigenvalue weighted by atomic mass is 28.4. The van der Waals surface area contributed by atoms with Crippen molar-refractivity contribution in [3.63, 3.8) is 0 Å². The Morgan fingerprint density at radius 1 is 1.09 bits per heavy atom. The molecule has 0 aromatic carbocycles. The van der Waals surface area contributed by atoms with Crippen LogP contribution < -0.4 is 0 Å². The molecule has 6 heteroatoms. The van der Waals surface area contributed by atoms with Crippen LogP contribution in [-0.2, 0) is 18.1 Å². The van der Waals surface area contributed by atoms with E-state index in [0.717, 1.165) is 18.9 Å². The summed E-state index contributed by atoms with van der Waals surface area (Å²) in [5.41, 5.74) is 0. The molecule has 1 heterocycles. The first-order valence-corrected chi connectivity index (χ1v) is 10.8. The highest BCUT2D eigenvalue weighted by Gasteiger charge is 2.41. The molecule has 0 bridgehead atoms. The molecule has 0 saturated heterocycles. The highest BCUT2D eigenvalue weighted by Crippen LogP contribution is 2.37. The number of hydrogen-bond donors (Lipinski definition) is 0. The maximum atomic E-state index is 5.92. The normalized spacial score (nSPS) is 27.7. The van der Waals surface area contributed by atoms with Gasteiger partial charge >= 0.3 is 8.80 Å². The molecule has 0 aromatic rings. The molecule has 0 amide bonds. The van der Waals surface area contributed by atoms with E-state index in [1.54, 1.807) is 0 Å². The molecule has 3 unspecified atom stereocenters. The van der Waals surface area contributed by atoms with Gasteiger partial charge in [0.25, 0.3) is 0 Å². The second kappa shape index (κ2) is 9.01. The monoisotopic (exact) mass is 329 g/mol. The lowest BCUT2D eigenvalue weighted by Crippen LogP contribution is -2.46. The molecule has 0 N–H and O–H groups in total. The van der Waals surface area contributed by atoms with Crippen molar-refractivity contribution in [1.29, 1.82) is 0 Å². The van der Waals surface area contributed by atoms with Crippen molar-refractivity contribution in [2.75, 3.05) is 19.8 Å². The third-order valence-corrected chi connectivity index (χ3v) is 7.74. The number of rotatable bonds is 10. The van der Waals surface area contributed by atoms with Gasteiger partial charge in [0, 0.05) is 31.8 Å². The zero-order valence-corrected chi connectivity index (χ0v) is 15.3. The van der Waals surface area contributed by atoms with E-state index in [9.17, 15) is 0 Å². The van der Waals surface area contributed by atoms with E-state index < -0.39 is 8.80 Å². The Labute approximate surface area is 135 Å². The molecule has 0 spiro atoms. The smallest absolute Gasteiger partial charge is 0.392 e. The fourth-order valence-corrected chi connectivity index (χ4v) is 6.33. The molecule has 22 heavy (non-hydrogen) atoms. The van der Waals surface area contributed by atoms with Crippen LogP contribution in [0.4, 0.5) is 0 Å². The quantitative estimate of drug-likeness (QED) is 0.574. The minimum Gasteiger partial charge on any atom is -0.392 e. The third kappa shape index (κ3) is 4.53. The molecule has 3 atom stereocenters. The molecule has 2 aliphatic rings. The molecule has 5 nitrogen and oxygen atoms in total. The standard InChI is InChI=1S/C16H31NO4Si/c1-4-18-22(19-5-2,20-6-3)12-8-11-14-9-7-10-15-13-17-21-16(14)15/h13-16H,4-12H2,1-3H3. The second-order valence-corrected chi connectivity index (χ2v) is 8.79. The third-order valence-electron chi connectivity index (χ3n) is 4.58. The predicted molar refractivity (Wildman–Crippen MR) is 88.9 cm³/mol. The van der Waals surface area contributed by atoms with E-state index in [1.807, 2.05) is 27.0 Å². The summed E-state index contributed by atoms with van der Waals surface area (Å²) in [6, 6.07) is 0.900. The van der Waals surface area contributed by atoms with Gasteiger partial charge in [-0.3, -0.25) is 0 Å². The van der Waals surface area contributed by atoms with Crippen LogP contribution in [0.3, 0.4) is 0 Å². The van der Waals surface area contributed by atoms with Gasteiger partial charge in [0.1, 0.15) is 6.10 Å². The van der Waals surface area contributed by atoms with Gasteiger partial charge in [-0.15, -0.1) is 0 Å². The molecule has 1 fully saturated rings. The van der Waals surface area contributed by atoms with Gasteiger partial charge < -0.3 is 18.1 Å². The fourth-order valence-electron chi connectivity index (χ4n) is 3.69. The van der Waals surface area contributed by atoms with E-state index in [1.165, 1.54) is 19.3 Å². The van der Waals surface area contributed by atoms with E-state index >= 15 is 0 Å². The Morgan fingerprint density at radius 3 is 2.41 bits per heavy atom. The number of nitrogens with zero attached hydrogens (tertiary/aromatic N) is 1. The lowest BCUT2D eigenvalue weighted by Gasteiger charge is -2.32. The van der Waals surface area contributed by atoms with Crippen LogP contribution in [0.25, 0.3) is 0 Å². The van der Waals surface area contributed by atoms with Crippen molar-refractivity contribution in [2.45, 2.75) is 65.0 Å². The first-order valence-electron chi connectivity index (χ1n) is 8.85. The largest absolute Gasteiger partial charge is 0.500 e. The lowest BCUT2D eigenvalue weighted by atomic mass is 9.78. The summed E-state index contributed by atoms with van der Waals surface area (Å²) < 4.78 is 17.8. The van der Waals surface area contributed by atoms with E-state index in [2.05, 4.69) is 5.16 Å². The molecule has 128 valence electrons. The van der Waals surface area contributed by atoms with Crippen molar-refractivity contribution in [2.24, 2.45) is 17.0 Å². The Bertz CT molecular complexity index is 336. The van der Waals surface area contributed by atoms with Gasteiger partial charge in [0.2, 0.25) is 0 Å². The van der Waals surface area contributed by atoms with E-state index in [4.69, 9.17) is 18.1 Å². The highest BCUT2D eigenvalue weighted by molar-refractivity contribution is 6.60. The van der Waals surface area contributed by atoms with Gasteiger partial charge in [-0.2, -0.15) is 0 Å². The Kier molecular flexibility index (Phi) is 7.33. The van der Waals surface area contributed by atoms with Gasteiger partial charge in [-0.25, -0.2) is 0 Å². The Hall–Kier alpha value is -0.433. The lowest BCUT2D eigenvalue weighted by molar-refractivity contribution is -0.00711. The summed E-state index contributed by atoms with van der Waals surface area (Å²) in [5, 5.41) is 4.03. The van der Waals surface area contributed by atoms with E-state index in [0.29, 0.717) is 37.8 Å². The van der Waals surface area contributed by atoms with E-state index in [-0.39, 0.29) is 0 Å². The summed E-state index contributed by atoms with van der Waals surface area (Å²) in [6.45, 7) is 7.98. The van der Waals surface area contributed by atoms with Crippen LogP contribution in [0, 0.1) is 11.8 Å². The summed E-state index contributed by atoms with van der Waals surface area (Å²) in [6.07, 6.45) is 8.27. The van der Waals surface area contributed by atoms with Crippen molar-refractivity contribution in [1.82, 2.24) is 0 Å².